The van der Waals surface area contributed by atoms with Crippen LogP contribution in [-0.2, 0) is 10.2 Å². The topological polar surface area (TPSA) is 49.4 Å². The van der Waals surface area contributed by atoms with Crippen molar-refractivity contribution < 1.29 is 8.42 Å². The molecule has 0 saturated carbocycles. The molecule has 0 aromatic rings. The second-order valence-corrected chi connectivity index (χ2v) is 6.52. The maximum absolute atomic E-state index is 11.9. The summed E-state index contributed by atoms with van der Waals surface area (Å²) in [6.45, 7) is 4.80. The largest absolute Gasteiger partial charge is 0.279 e. The Morgan fingerprint density at radius 2 is 1.80 bits per heavy atom. The summed E-state index contributed by atoms with van der Waals surface area (Å²) >= 11 is 5.69. The predicted octanol–water partition coefficient (Wildman–Crippen LogP) is 1.32. The van der Waals surface area contributed by atoms with Crippen LogP contribution in [0, 0.1) is 0 Å². The van der Waals surface area contributed by atoms with Crippen LogP contribution in [0.3, 0.4) is 0 Å². The number of nitrogens with one attached hydrogen (secondary N) is 1. The fourth-order valence-electron chi connectivity index (χ4n) is 1.55. The monoisotopic (exact) mass is 254 g/mol. The van der Waals surface area contributed by atoms with Gasteiger partial charge >= 0.3 is 0 Å². The molecule has 6 heteroatoms. The third-order valence-electron chi connectivity index (χ3n) is 2.39. The molecule has 0 spiro atoms. The van der Waals surface area contributed by atoms with E-state index in [-0.39, 0.29) is 5.88 Å². The highest BCUT2D eigenvalue weighted by molar-refractivity contribution is 7.87. The fourth-order valence-corrected chi connectivity index (χ4v) is 3.33. The van der Waals surface area contributed by atoms with Crippen molar-refractivity contribution >= 4 is 21.8 Å². The number of hydrogen-bond acceptors (Lipinski definition) is 2. The van der Waals surface area contributed by atoms with Crippen molar-refractivity contribution in [2.75, 3.05) is 19.0 Å². The van der Waals surface area contributed by atoms with Crippen LogP contribution in [0.5, 0.6) is 0 Å². The first-order valence-electron chi connectivity index (χ1n) is 5.22. The number of hydrogen-bond donors (Lipinski definition) is 1. The second kappa shape index (κ2) is 4.99. The van der Waals surface area contributed by atoms with Gasteiger partial charge in [0, 0.05) is 24.5 Å². The first kappa shape index (κ1) is 13.2. The van der Waals surface area contributed by atoms with Crippen LogP contribution >= 0.6 is 11.6 Å². The summed E-state index contributed by atoms with van der Waals surface area (Å²) in [5, 5.41) is 0. The first-order valence-corrected chi connectivity index (χ1v) is 7.20. The van der Waals surface area contributed by atoms with E-state index in [2.05, 4.69) is 4.72 Å². The molecule has 0 bridgehead atoms. The minimum absolute atomic E-state index is 0.264. The highest BCUT2D eigenvalue weighted by atomic mass is 35.5. The Bertz CT molecular complexity index is 297. The molecule has 1 rings (SSSR count). The van der Waals surface area contributed by atoms with Gasteiger partial charge in [-0.2, -0.15) is 17.4 Å². The van der Waals surface area contributed by atoms with Crippen molar-refractivity contribution in [3.05, 3.63) is 0 Å². The molecule has 0 radical (unpaired) electrons. The van der Waals surface area contributed by atoms with Crippen LogP contribution < -0.4 is 4.72 Å². The van der Waals surface area contributed by atoms with Crippen molar-refractivity contribution in [2.45, 2.75) is 38.6 Å². The molecule has 0 aromatic carbocycles. The molecule has 1 fully saturated rings. The van der Waals surface area contributed by atoms with Gasteiger partial charge in [0.05, 0.1) is 0 Å². The van der Waals surface area contributed by atoms with Crippen LogP contribution in [0.25, 0.3) is 0 Å². The summed E-state index contributed by atoms with van der Waals surface area (Å²) in [5.74, 6) is 0.264. The van der Waals surface area contributed by atoms with Crippen LogP contribution in [0.1, 0.15) is 33.1 Å². The third-order valence-corrected chi connectivity index (χ3v) is 4.92. The summed E-state index contributed by atoms with van der Waals surface area (Å²) < 4.78 is 28.0. The van der Waals surface area contributed by atoms with E-state index in [0.717, 1.165) is 19.3 Å². The standard InChI is InChI=1S/C9H19ClN2O2S/c1-9(2,8-10)11-15(13,14)12-6-4-3-5-7-12/h11H,3-8H2,1-2H3. The van der Waals surface area contributed by atoms with E-state index in [4.69, 9.17) is 11.6 Å². The van der Waals surface area contributed by atoms with E-state index in [9.17, 15) is 8.42 Å². The normalized spacial score (nSPS) is 20.5. The smallest absolute Gasteiger partial charge is 0.195 e. The van der Waals surface area contributed by atoms with Gasteiger partial charge in [-0.15, -0.1) is 11.6 Å². The Balaban J connectivity index is 2.65. The van der Waals surface area contributed by atoms with Gasteiger partial charge in [-0.3, -0.25) is 0 Å². The molecule has 1 saturated heterocycles. The minimum atomic E-state index is -3.35. The average molecular weight is 255 g/mol. The van der Waals surface area contributed by atoms with Crippen LogP contribution in [0.4, 0.5) is 0 Å². The lowest BCUT2D eigenvalue weighted by molar-refractivity contribution is 0.333. The molecule has 1 N–H and O–H groups in total. The lowest BCUT2D eigenvalue weighted by atomic mass is 10.1. The Morgan fingerprint density at radius 3 is 2.27 bits per heavy atom. The summed E-state index contributed by atoms with van der Waals surface area (Å²) in [5.41, 5.74) is -0.585. The number of nitrogens with zero attached hydrogens (tertiary/aromatic N) is 1. The average Bonchev–Trinajstić information content (AvgIpc) is 2.18. The molecule has 4 nitrogen and oxygen atoms in total. The van der Waals surface area contributed by atoms with Gasteiger partial charge < -0.3 is 0 Å². The van der Waals surface area contributed by atoms with Gasteiger partial charge in [0.25, 0.3) is 10.2 Å². The highest BCUT2D eigenvalue weighted by Crippen LogP contribution is 2.15. The van der Waals surface area contributed by atoms with E-state index >= 15 is 0 Å². The molecule has 15 heavy (non-hydrogen) atoms. The Labute approximate surface area is 97.2 Å². The quantitative estimate of drug-likeness (QED) is 0.770. The molecular formula is C9H19ClN2O2S. The summed E-state index contributed by atoms with van der Waals surface area (Å²) in [6, 6.07) is 0. The molecule has 0 amide bonds. The van der Waals surface area contributed by atoms with E-state index < -0.39 is 15.7 Å². The van der Waals surface area contributed by atoms with Crippen molar-refractivity contribution in [3.63, 3.8) is 0 Å². The lowest BCUT2D eigenvalue weighted by Gasteiger charge is -2.31. The molecule has 0 atom stereocenters. The molecule has 0 aliphatic carbocycles. The summed E-state index contributed by atoms with van der Waals surface area (Å²) in [6.07, 6.45) is 3.01. The van der Waals surface area contributed by atoms with E-state index in [0.29, 0.717) is 13.1 Å². The number of piperidine rings is 1. The van der Waals surface area contributed by atoms with Crippen molar-refractivity contribution in [2.24, 2.45) is 0 Å². The van der Waals surface area contributed by atoms with Gasteiger partial charge in [-0.05, 0) is 26.7 Å². The molecule has 90 valence electrons. The predicted molar refractivity (Wildman–Crippen MR) is 62.3 cm³/mol. The molecule has 1 aliphatic rings. The van der Waals surface area contributed by atoms with Gasteiger partial charge in [-0.25, -0.2) is 0 Å². The maximum atomic E-state index is 11.9. The van der Waals surface area contributed by atoms with Crippen molar-refractivity contribution in [1.29, 1.82) is 0 Å². The minimum Gasteiger partial charge on any atom is -0.195 e. The van der Waals surface area contributed by atoms with E-state index in [1.54, 1.807) is 13.8 Å². The maximum Gasteiger partial charge on any atom is 0.279 e. The zero-order valence-electron chi connectivity index (χ0n) is 9.29. The van der Waals surface area contributed by atoms with Crippen LogP contribution in [0.15, 0.2) is 0 Å². The zero-order valence-corrected chi connectivity index (χ0v) is 10.9. The molecule has 0 unspecified atom stereocenters. The Hall–Kier alpha value is 0.160. The second-order valence-electron chi connectivity index (χ2n) is 4.58. The molecule has 1 heterocycles. The Kier molecular flexibility index (Phi) is 4.40. The summed E-state index contributed by atoms with van der Waals surface area (Å²) in [4.78, 5) is 0. The molecule has 0 aromatic heterocycles. The highest BCUT2D eigenvalue weighted by Gasteiger charge is 2.29. The van der Waals surface area contributed by atoms with Crippen LogP contribution in [0.2, 0.25) is 0 Å². The lowest BCUT2D eigenvalue weighted by Crippen LogP contribution is -2.52. The number of rotatable bonds is 4. The SMILES string of the molecule is CC(C)(CCl)NS(=O)(=O)N1CCCCC1. The Morgan fingerprint density at radius 1 is 1.27 bits per heavy atom. The van der Waals surface area contributed by atoms with Crippen molar-refractivity contribution in [3.8, 4) is 0 Å². The van der Waals surface area contributed by atoms with Gasteiger partial charge in [-0.1, -0.05) is 6.42 Å². The van der Waals surface area contributed by atoms with Gasteiger partial charge in [0.2, 0.25) is 0 Å². The summed E-state index contributed by atoms with van der Waals surface area (Å²) in [7, 11) is -3.35. The zero-order chi connectivity index (χ0) is 11.5. The van der Waals surface area contributed by atoms with Crippen molar-refractivity contribution in [1.82, 2.24) is 9.03 Å². The fraction of sp³-hybridized carbons (Fsp3) is 1.00. The number of halogens is 1. The molecule has 1 aliphatic heterocycles. The van der Waals surface area contributed by atoms with Gasteiger partial charge in [0.1, 0.15) is 0 Å². The first-order chi connectivity index (χ1) is 6.87. The van der Waals surface area contributed by atoms with E-state index in [1.165, 1.54) is 4.31 Å². The number of alkyl halides is 1. The van der Waals surface area contributed by atoms with Crippen LogP contribution in [-0.4, -0.2) is 37.2 Å². The van der Waals surface area contributed by atoms with E-state index in [1.807, 2.05) is 0 Å². The third kappa shape index (κ3) is 3.90. The van der Waals surface area contributed by atoms with Gasteiger partial charge in [0.15, 0.2) is 0 Å². The molecular weight excluding hydrogens is 236 g/mol.